The third-order valence-electron chi connectivity index (χ3n) is 5.28. The number of carbonyl (C=O) groups excluding carboxylic acids is 1. The van der Waals surface area contributed by atoms with Gasteiger partial charge in [-0.15, -0.1) is 0 Å². The van der Waals surface area contributed by atoms with Crippen molar-refractivity contribution in [3.05, 3.63) is 70.7 Å². The van der Waals surface area contributed by atoms with E-state index in [1.54, 1.807) is 12.1 Å². The van der Waals surface area contributed by atoms with Crippen LogP contribution in [0.3, 0.4) is 0 Å². The van der Waals surface area contributed by atoms with E-state index in [0.29, 0.717) is 23.2 Å². The minimum atomic E-state index is -5.08. The second kappa shape index (κ2) is 16.7. The number of benzene rings is 2. The van der Waals surface area contributed by atoms with Gasteiger partial charge in [-0.25, -0.2) is 9.59 Å². The molecule has 0 spiro atoms. The van der Waals surface area contributed by atoms with Gasteiger partial charge in [0.2, 0.25) is 0 Å². The van der Waals surface area contributed by atoms with Crippen LogP contribution in [-0.4, -0.2) is 77.5 Å². The largest absolute Gasteiger partial charge is 0.490 e. The minimum absolute atomic E-state index is 0.116. The molecule has 0 saturated carbocycles. The Bertz CT molecular complexity index is 1050. The molecule has 222 valence electrons. The monoisotopic (exact) mass is 599 g/mol. The lowest BCUT2D eigenvalue weighted by atomic mass is 10.0. The molecule has 1 aliphatic rings. The van der Waals surface area contributed by atoms with Crippen molar-refractivity contribution in [2.24, 2.45) is 0 Å². The Morgan fingerprint density at radius 3 is 1.77 bits per heavy atom. The molecule has 8 nitrogen and oxygen atoms in total. The summed E-state index contributed by atoms with van der Waals surface area (Å²) in [7, 11) is 0. The van der Waals surface area contributed by atoms with Crippen LogP contribution in [0.5, 0.6) is 0 Å². The normalized spacial score (nSPS) is 14.2. The van der Waals surface area contributed by atoms with E-state index in [1.165, 1.54) is 5.56 Å². The number of piperidine rings is 1. The lowest BCUT2D eigenvalue weighted by Crippen LogP contribution is -2.44. The minimum Gasteiger partial charge on any atom is -0.475 e. The first-order valence-corrected chi connectivity index (χ1v) is 12.1. The highest BCUT2D eigenvalue weighted by atomic mass is 35.5. The fourth-order valence-corrected chi connectivity index (χ4v) is 3.55. The van der Waals surface area contributed by atoms with Crippen LogP contribution >= 0.6 is 11.6 Å². The number of nitrogens with one attached hydrogen (secondary N) is 2. The molecule has 0 aromatic heterocycles. The Hall–Kier alpha value is -3.36. The van der Waals surface area contributed by atoms with Gasteiger partial charge in [0.1, 0.15) is 0 Å². The van der Waals surface area contributed by atoms with Crippen LogP contribution in [-0.2, 0) is 16.1 Å². The first kappa shape index (κ1) is 34.7. The van der Waals surface area contributed by atoms with Gasteiger partial charge in [0.05, 0.1) is 10.6 Å². The van der Waals surface area contributed by atoms with Crippen molar-refractivity contribution in [3.8, 4) is 0 Å². The lowest BCUT2D eigenvalue weighted by Gasteiger charge is -2.32. The molecule has 0 bridgehead atoms. The maximum absolute atomic E-state index is 12.1. The average Bonchev–Trinajstić information content (AvgIpc) is 2.88. The zero-order valence-corrected chi connectivity index (χ0v) is 21.7. The van der Waals surface area contributed by atoms with Crippen molar-refractivity contribution in [1.82, 2.24) is 15.5 Å². The van der Waals surface area contributed by atoms with Gasteiger partial charge in [-0.3, -0.25) is 9.69 Å². The van der Waals surface area contributed by atoms with Crippen LogP contribution in [0, 0.1) is 0 Å². The molecule has 0 aliphatic carbocycles. The number of amides is 1. The molecule has 1 aliphatic heterocycles. The van der Waals surface area contributed by atoms with Gasteiger partial charge in [0.15, 0.2) is 0 Å². The van der Waals surface area contributed by atoms with Crippen molar-refractivity contribution >= 4 is 29.4 Å². The predicted molar refractivity (Wildman–Crippen MR) is 134 cm³/mol. The van der Waals surface area contributed by atoms with Crippen molar-refractivity contribution in [3.63, 3.8) is 0 Å². The van der Waals surface area contributed by atoms with E-state index in [1.807, 2.05) is 12.1 Å². The highest BCUT2D eigenvalue weighted by molar-refractivity contribution is 6.33. The number of hydrogen-bond donors (Lipinski definition) is 4. The van der Waals surface area contributed by atoms with E-state index < -0.39 is 24.3 Å². The van der Waals surface area contributed by atoms with Crippen molar-refractivity contribution in [2.75, 3.05) is 26.2 Å². The lowest BCUT2D eigenvalue weighted by molar-refractivity contribution is -0.193. The summed E-state index contributed by atoms with van der Waals surface area (Å²) < 4.78 is 63.5. The summed E-state index contributed by atoms with van der Waals surface area (Å²) in [6.45, 7) is 4.63. The summed E-state index contributed by atoms with van der Waals surface area (Å²) in [6.07, 6.45) is -7.88. The maximum Gasteiger partial charge on any atom is 0.490 e. The molecule has 40 heavy (non-hydrogen) atoms. The van der Waals surface area contributed by atoms with E-state index in [4.69, 9.17) is 31.4 Å². The molecule has 0 unspecified atom stereocenters. The fourth-order valence-electron chi connectivity index (χ4n) is 3.33. The number of carbonyl (C=O) groups is 3. The van der Waals surface area contributed by atoms with Crippen LogP contribution in [0.25, 0.3) is 0 Å². The zero-order chi connectivity index (χ0) is 30.3. The number of halogens is 7. The topological polar surface area (TPSA) is 119 Å². The third kappa shape index (κ3) is 14.1. The third-order valence-corrected chi connectivity index (χ3v) is 5.61. The molecule has 2 aromatic rings. The van der Waals surface area contributed by atoms with Crippen LogP contribution in [0.4, 0.5) is 26.3 Å². The molecular weight excluding hydrogens is 572 g/mol. The van der Waals surface area contributed by atoms with E-state index in [-0.39, 0.29) is 5.91 Å². The molecule has 2 aromatic carbocycles. The Labute approximate surface area is 230 Å². The van der Waals surface area contributed by atoms with Gasteiger partial charge < -0.3 is 20.8 Å². The van der Waals surface area contributed by atoms with Gasteiger partial charge in [-0.05, 0) is 43.6 Å². The summed E-state index contributed by atoms with van der Waals surface area (Å²) >= 11 is 6.04. The Kier molecular flexibility index (Phi) is 14.5. The number of nitrogens with zero attached hydrogens (tertiary/aromatic N) is 1. The zero-order valence-electron chi connectivity index (χ0n) is 20.9. The number of hydrogen-bond acceptors (Lipinski definition) is 5. The summed E-state index contributed by atoms with van der Waals surface area (Å²) in [4.78, 5) is 32.4. The fraction of sp³-hybridized carbons (Fsp3) is 0.400. The van der Waals surface area contributed by atoms with Crippen LogP contribution in [0.15, 0.2) is 54.6 Å². The molecule has 1 amide bonds. The number of rotatable bonds is 7. The molecule has 4 N–H and O–H groups in total. The molecule has 15 heteroatoms. The molecule has 0 atom stereocenters. The smallest absolute Gasteiger partial charge is 0.475 e. The molecule has 1 heterocycles. The van der Waals surface area contributed by atoms with Gasteiger partial charge in [0.25, 0.3) is 5.91 Å². The molecule has 1 fully saturated rings. The first-order chi connectivity index (χ1) is 18.6. The number of carboxylic acids is 2. The Morgan fingerprint density at radius 2 is 1.30 bits per heavy atom. The summed E-state index contributed by atoms with van der Waals surface area (Å²) in [5, 5.41) is 21.2. The van der Waals surface area contributed by atoms with Gasteiger partial charge in [0, 0.05) is 25.7 Å². The van der Waals surface area contributed by atoms with Crippen molar-refractivity contribution in [1.29, 1.82) is 0 Å². The first-order valence-electron chi connectivity index (χ1n) is 11.7. The highest BCUT2D eigenvalue weighted by Crippen LogP contribution is 2.16. The van der Waals surface area contributed by atoms with Crippen LogP contribution < -0.4 is 10.6 Å². The number of carboxylic acid groups (broad SMARTS) is 2. The number of aliphatic carboxylic acids is 2. The maximum atomic E-state index is 12.1. The molecule has 3 rings (SSSR count). The van der Waals surface area contributed by atoms with Gasteiger partial charge in [-0.2, -0.15) is 26.3 Å². The molecule has 0 radical (unpaired) electrons. The SMILES string of the molecule is O=C(NCCNC1CCN(Cc2ccccc2)CC1)c1ccccc1Cl.O=C(O)C(F)(F)F.O=C(O)C(F)(F)F. The van der Waals surface area contributed by atoms with Crippen molar-refractivity contribution < 1.29 is 50.9 Å². The number of alkyl halides is 6. The van der Waals surface area contributed by atoms with E-state index in [0.717, 1.165) is 39.0 Å². The summed E-state index contributed by atoms with van der Waals surface area (Å²) in [6, 6.07) is 18.3. The molecular formula is C25H28ClF6N3O5. The Balaban J connectivity index is 0.000000473. The standard InChI is InChI=1S/C21H26ClN3O.2C2HF3O2/c22-20-9-5-4-8-19(20)21(26)24-13-12-23-18-10-14-25(15-11-18)16-17-6-2-1-3-7-17;2*3-2(4,5)1(6)7/h1-9,18,23H,10-16H2,(H,24,26);2*(H,6,7). The highest BCUT2D eigenvalue weighted by Gasteiger charge is 2.38. The quantitative estimate of drug-likeness (QED) is 0.272. The van der Waals surface area contributed by atoms with E-state index in [2.05, 4.69) is 45.9 Å². The van der Waals surface area contributed by atoms with Crippen molar-refractivity contribution in [2.45, 2.75) is 37.8 Å². The van der Waals surface area contributed by atoms with E-state index in [9.17, 15) is 31.1 Å². The second-order valence-corrected chi connectivity index (χ2v) is 8.74. The number of likely N-dealkylation sites (tertiary alicyclic amines) is 1. The molecule has 1 saturated heterocycles. The predicted octanol–water partition coefficient (Wildman–Crippen LogP) is 4.59. The van der Waals surface area contributed by atoms with Gasteiger partial charge in [-0.1, -0.05) is 54.1 Å². The summed E-state index contributed by atoms with van der Waals surface area (Å²) in [5.74, 6) is -5.63. The summed E-state index contributed by atoms with van der Waals surface area (Å²) in [5.41, 5.74) is 1.91. The average molecular weight is 600 g/mol. The van der Waals surface area contributed by atoms with E-state index >= 15 is 0 Å². The Morgan fingerprint density at radius 1 is 0.825 bits per heavy atom. The van der Waals surface area contributed by atoms with Crippen LogP contribution in [0.1, 0.15) is 28.8 Å². The van der Waals surface area contributed by atoms with Gasteiger partial charge >= 0.3 is 24.3 Å². The van der Waals surface area contributed by atoms with Crippen LogP contribution in [0.2, 0.25) is 5.02 Å². The second-order valence-electron chi connectivity index (χ2n) is 8.33.